The van der Waals surface area contributed by atoms with Gasteiger partial charge in [-0.3, -0.25) is 4.99 Å². The van der Waals surface area contributed by atoms with Gasteiger partial charge in [0.2, 0.25) is 0 Å². The van der Waals surface area contributed by atoms with Crippen molar-refractivity contribution in [1.82, 2.24) is 0 Å². The topological polar surface area (TPSA) is 36.2 Å². The van der Waals surface area contributed by atoms with Gasteiger partial charge in [-0.1, -0.05) is 39.2 Å². The van der Waals surface area contributed by atoms with E-state index in [0.717, 1.165) is 23.5 Å². The van der Waals surface area contributed by atoms with E-state index in [4.69, 9.17) is 10.4 Å². The van der Waals surface area contributed by atoms with Crippen molar-refractivity contribution in [2.24, 2.45) is 4.99 Å². The minimum Gasteiger partial charge on any atom is -0.301 e. The Morgan fingerprint density at radius 3 is 2.59 bits per heavy atom. The molecule has 1 aliphatic heterocycles. The van der Waals surface area contributed by atoms with Crippen LogP contribution in [0.5, 0.6) is 0 Å². The van der Waals surface area contributed by atoms with E-state index in [-0.39, 0.29) is 5.54 Å². The second-order valence-corrected chi connectivity index (χ2v) is 7.23. The van der Waals surface area contributed by atoms with Crippen LogP contribution in [-0.2, 0) is 0 Å². The van der Waals surface area contributed by atoms with Crippen molar-refractivity contribution in [3.05, 3.63) is 34.3 Å². The highest BCUT2D eigenvalue weighted by Gasteiger charge is 2.31. The number of allylic oxidation sites excluding steroid dienone is 5. The summed E-state index contributed by atoms with van der Waals surface area (Å²) in [6.07, 6.45) is 15.6. The van der Waals surface area contributed by atoms with Gasteiger partial charge in [0.25, 0.3) is 0 Å². The monoisotopic (exact) mass is 316 g/mol. The molecule has 2 rings (SSSR count). The summed E-state index contributed by atoms with van der Waals surface area (Å²) >= 11 is 1.70. The molecular weight excluding hydrogens is 288 g/mol. The van der Waals surface area contributed by atoms with Crippen LogP contribution in [0.2, 0.25) is 0 Å². The Labute approximate surface area is 139 Å². The number of nitrogens with one attached hydrogen (secondary N) is 1. The molecule has 0 aromatic rings. The van der Waals surface area contributed by atoms with Crippen molar-refractivity contribution in [2.75, 3.05) is 6.26 Å². The van der Waals surface area contributed by atoms with Crippen LogP contribution in [0.3, 0.4) is 0 Å². The van der Waals surface area contributed by atoms with E-state index in [1.165, 1.54) is 36.8 Å². The highest BCUT2D eigenvalue weighted by Crippen LogP contribution is 2.37. The maximum absolute atomic E-state index is 8.07. The summed E-state index contributed by atoms with van der Waals surface area (Å²) in [6, 6.07) is 0. The van der Waals surface area contributed by atoms with E-state index in [9.17, 15) is 0 Å². The standard InChI is InChI=1S/C19H28N2S/c1-5-7-8-9-10-14-13-19(3,6-2)21-18-16(14)11-15(20)12-17(18)22-4/h11-13,20H,5-10H2,1-4H3. The molecule has 0 saturated heterocycles. The largest absolute Gasteiger partial charge is 0.301 e. The molecule has 22 heavy (non-hydrogen) atoms. The fraction of sp³-hybridized carbons (Fsp3) is 0.579. The van der Waals surface area contributed by atoms with Crippen molar-refractivity contribution in [3.8, 4) is 0 Å². The van der Waals surface area contributed by atoms with E-state index < -0.39 is 0 Å². The van der Waals surface area contributed by atoms with Crippen molar-refractivity contribution >= 4 is 23.2 Å². The second-order valence-electron chi connectivity index (χ2n) is 6.38. The molecule has 1 heterocycles. The molecule has 0 saturated carbocycles. The number of rotatable bonds is 7. The van der Waals surface area contributed by atoms with Gasteiger partial charge in [0.05, 0.1) is 17.0 Å². The third-order valence-corrected chi connectivity index (χ3v) is 5.26. The number of unbranched alkanes of at least 4 members (excludes halogenated alkanes) is 3. The Bertz CT molecular complexity index is 566. The van der Waals surface area contributed by atoms with Gasteiger partial charge in [-0.15, -0.1) is 11.8 Å². The molecule has 3 heteroatoms. The average Bonchev–Trinajstić information content (AvgIpc) is 2.51. The molecule has 1 aliphatic carbocycles. The zero-order valence-corrected chi connectivity index (χ0v) is 15.1. The third-order valence-electron chi connectivity index (χ3n) is 4.51. The molecule has 0 aromatic carbocycles. The molecule has 0 amide bonds. The quantitative estimate of drug-likeness (QED) is 0.473. The van der Waals surface area contributed by atoms with Gasteiger partial charge in [-0.25, -0.2) is 0 Å². The fourth-order valence-corrected chi connectivity index (χ4v) is 3.59. The molecule has 0 radical (unpaired) electrons. The van der Waals surface area contributed by atoms with Gasteiger partial charge >= 0.3 is 0 Å². The van der Waals surface area contributed by atoms with E-state index in [0.29, 0.717) is 5.71 Å². The normalized spacial score (nSPS) is 24.3. The summed E-state index contributed by atoms with van der Waals surface area (Å²) < 4.78 is 0. The Kier molecular flexibility index (Phi) is 5.85. The minimum atomic E-state index is -0.0961. The maximum Gasteiger partial charge on any atom is 0.0797 e. The zero-order chi connectivity index (χ0) is 16.2. The second kappa shape index (κ2) is 7.45. The molecule has 0 fully saturated rings. The molecule has 2 nitrogen and oxygen atoms in total. The van der Waals surface area contributed by atoms with Crippen molar-refractivity contribution < 1.29 is 0 Å². The molecular formula is C19H28N2S. The average molecular weight is 317 g/mol. The number of nitrogens with zero attached hydrogens (tertiary/aromatic N) is 1. The maximum atomic E-state index is 8.07. The smallest absolute Gasteiger partial charge is 0.0797 e. The number of dihydropyridines is 1. The van der Waals surface area contributed by atoms with Gasteiger partial charge in [0.15, 0.2) is 0 Å². The summed E-state index contributed by atoms with van der Waals surface area (Å²) in [5, 5.41) is 8.07. The van der Waals surface area contributed by atoms with Crippen LogP contribution < -0.4 is 0 Å². The molecule has 1 unspecified atom stereocenters. The first-order chi connectivity index (χ1) is 10.5. The summed E-state index contributed by atoms with van der Waals surface area (Å²) in [6.45, 7) is 6.68. The zero-order valence-electron chi connectivity index (χ0n) is 14.3. The van der Waals surface area contributed by atoms with E-state index in [1.54, 1.807) is 11.8 Å². The van der Waals surface area contributed by atoms with Crippen LogP contribution in [0.4, 0.5) is 0 Å². The molecule has 1 N–H and O–H groups in total. The number of fused-ring (bicyclic) bond motifs is 1. The lowest BCUT2D eigenvalue weighted by atomic mass is 9.83. The van der Waals surface area contributed by atoms with Gasteiger partial charge in [0.1, 0.15) is 0 Å². The number of thioether (sulfide) groups is 1. The molecule has 2 aliphatic rings. The minimum absolute atomic E-state index is 0.0961. The molecule has 0 aromatic heterocycles. The van der Waals surface area contributed by atoms with E-state index >= 15 is 0 Å². The van der Waals surface area contributed by atoms with Crippen LogP contribution in [0.1, 0.15) is 59.3 Å². The van der Waals surface area contributed by atoms with Crippen LogP contribution in [0.15, 0.2) is 39.3 Å². The van der Waals surface area contributed by atoms with Crippen LogP contribution in [-0.4, -0.2) is 23.2 Å². The summed E-state index contributed by atoms with van der Waals surface area (Å²) in [7, 11) is 0. The number of hydrogen-bond donors (Lipinski definition) is 1. The lowest BCUT2D eigenvalue weighted by molar-refractivity contribution is 0.555. The SMILES string of the molecule is CCCCCCC1=CC(C)(CC)N=C2C(SC)=CC(=N)C=C12. The first kappa shape index (κ1) is 17.3. The Hall–Kier alpha value is -1.09. The number of hydrogen-bond acceptors (Lipinski definition) is 3. The van der Waals surface area contributed by atoms with Crippen LogP contribution >= 0.6 is 11.8 Å². The molecule has 0 spiro atoms. The van der Waals surface area contributed by atoms with Gasteiger partial charge < -0.3 is 5.41 Å². The predicted molar refractivity (Wildman–Crippen MR) is 100 cm³/mol. The lowest BCUT2D eigenvalue weighted by Crippen LogP contribution is -2.29. The Balaban J connectivity index is 2.30. The summed E-state index contributed by atoms with van der Waals surface area (Å²) in [5.74, 6) is 0. The lowest BCUT2D eigenvalue weighted by Gasteiger charge is -2.32. The van der Waals surface area contributed by atoms with Gasteiger partial charge in [0, 0.05) is 10.5 Å². The first-order valence-electron chi connectivity index (χ1n) is 8.41. The highest BCUT2D eigenvalue weighted by atomic mass is 32.2. The Morgan fingerprint density at radius 2 is 1.95 bits per heavy atom. The summed E-state index contributed by atoms with van der Waals surface area (Å²) in [4.78, 5) is 6.16. The van der Waals surface area contributed by atoms with Crippen molar-refractivity contribution in [1.29, 1.82) is 5.41 Å². The number of aliphatic imine (C=N–C) groups is 1. The van der Waals surface area contributed by atoms with Crippen molar-refractivity contribution in [2.45, 2.75) is 64.8 Å². The van der Waals surface area contributed by atoms with Crippen LogP contribution in [0, 0.1) is 5.41 Å². The first-order valence-corrected chi connectivity index (χ1v) is 9.64. The van der Waals surface area contributed by atoms with Crippen LogP contribution in [0.25, 0.3) is 0 Å². The Morgan fingerprint density at radius 1 is 1.18 bits per heavy atom. The predicted octanol–water partition coefficient (Wildman–Crippen LogP) is 5.71. The molecule has 120 valence electrons. The van der Waals surface area contributed by atoms with E-state index in [2.05, 4.69) is 33.1 Å². The van der Waals surface area contributed by atoms with E-state index in [1.807, 2.05) is 12.2 Å². The third kappa shape index (κ3) is 3.81. The fourth-order valence-electron chi connectivity index (χ4n) is 2.99. The summed E-state index contributed by atoms with van der Waals surface area (Å²) in [5.41, 5.74) is 4.20. The molecule has 0 bridgehead atoms. The van der Waals surface area contributed by atoms with Gasteiger partial charge in [-0.2, -0.15) is 0 Å². The molecule has 1 atom stereocenters. The van der Waals surface area contributed by atoms with Crippen molar-refractivity contribution in [3.63, 3.8) is 0 Å². The van der Waals surface area contributed by atoms with Gasteiger partial charge in [-0.05, 0) is 50.2 Å². The highest BCUT2D eigenvalue weighted by molar-refractivity contribution is 8.03.